The average molecular weight is 404 g/mol. The summed E-state index contributed by atoms with van der Waals surface area (Å²) in [5, 5.41) is 19.0. The van der Waals surface area contributed by atoms with Gasteiger partial charge in [0, 0.05) is 38.4 Å². The molecule has 1 saturated carbocycles. The Morgan fingerprint density at radius 2 is 1.93 bits per heavy atom. The minimum absolute atomic E-state index is 0.0399. The van der Waals surface area contributed by atoms with Gasteiger partial charge in [0.05, 0.1) is 18.7 Å². The molecule has 8 nitrogen and oxygen atoms in total. The number of aliphatic hydroxyl groups excluding tert-OH is 1. The zero-order chi connectivity index (χ0) is 20.5. The molecular formula is C21H33N5O3. The standard InChI is InChI=1S/C21H33N5O3/c1-14(2)21(29)24-9-10-25-18(13-24)22-23-20(25)17-11-16(27)12-26(17)19(28)8-7-15-5-3-4-6-15/h14-17,27H,3-13H2,1-2H3/t16-,17-/m0/s1. The van der Waals surface area contributed by atoms with Crippen LogP contribution in [0.15, 0.2) is 0 Å². The zero-order valence-corrected chi connectivity index (χ0v) is 17.6. The topological polar surface area (TPSA) is 91.6 Å². The summed E-state index contributed by atoms with van der Waals surface area (Å²) in [5.74, 6) is 2.39. The highest BCUT2D eigenvalue weighted by Gasteiger charge is 2.39. The molecule has 0 spiro atoms. The summed E-state index contributed by atoms with van der Waals surface area (Å²) in [6.45, 7) is 5.89. The van der Waals surface area contributed by atoms with E-state index in [9.17, 15) is 14.7 Å². The molecule has 2 aliphatic heterocycles. The fraction of sp³-hybridized carbons (Fsp3) is 0.810. The van der Waals surface area contributed by atoms with Gasteiger partial charge < -0.3 is 19.5 Å². The van der Waals surface area contributed by atoms with Gasteiger partial charge in [-0.1, -0.05) is 39.5 Å². The van der Waals surface area contributed by atoms with E-state index in [0.29, 0.717) is 44.9 Å². The Balaban J connectivity index is 1.46. The number of likely N-dealkylation sites (tertiary alicyclic amines) is 1. The van der Waals surface area contributed by atoms with E-state index in [4.69, 9.17) is 0 Å². The number of carbonyl (C=O) groups excluding carboxylic acids is 2. The summed E-state index contributed by atoms with van der Waals surface area (Å²) in [6.07, 6.45) is 6.52. The van der Waals surface area contributed by atoms with Gasteiger partial charge in [-0.15, -0.1) is 10.2 Å². The number of β-amino-alcohol motifs (C(OH)–C–C–N with tert-alkyl or cyclic N) is 1. The Morgan fingerprint density at radius 3 is 2.66 bits per heavy atom. The van der Waals surface area contributed by atoms with Gasteiger partial charge in [0.2, 0.25) is 11.8 Å². The summed E-state index contributed by atoms with van der Waals surface area (Å²) in [5.41, 5.74) is 0. The summed E-state index contributed by atoms with van der Waals surface area (Å²) in [4.78, 5) is 28.9. The molecule has 3 aliphatic rings. The first-order chi connectivity index (χ1) is 13.9. The minimum Gasteiger partial charge on any atom is -0.391 e. The first-order valence-electron chi connectivity index (χ1n) is 11.1. The van der Waals surface area contributed by atoms with Gasteiger partial charge in [-0.3, -0.25) is 9.59 Å². The number of nitrogens with zero attached hydrogens (tertiary/aromatic N) is 5. The molecule has 2 atom stereocenters. The van der Waals surface area contributed by atoms with E-state index in [1.165, 1.54) is 25.7 Å². The molecule has 1 N–H and O–H groups in total. The van der Waals surface area contributed by atoms with E-state index in [2.05, 4.69) is 10.2 Å². The van der Waals surface area contributed by atoms with E-state index in [-0.39, 0.29) is 23.8 Å². The Bertz CT molecular complexity index is 755. The molecule has 0 radical (unpaired) electrons. The van der Waals surface area contributed by atoms with Crippen LogP contribution in [-0.2, 0) is 22.7 Å². The van der Waals surface area contributed by atoms with Crippen LogP contribution >= 0.6 is 0 Å². The van der Waals surface area contributed by atoms with E-state index in [1.54, 1.807) is 0 Å². The lowest BCUT2D eigenvalue weighted by atomic mass is 10.0. The molecule has 29 heavy (non-hydrogen) atoms. The predicted molar refractivity (Wildman–Crippen MR) is 107 cm³/mol. The smallest absolute Gasteiger partial charge is 0.225 e. The minimum atomic E-state index is -0.522. The van der Waals surface area contributed by atoms with Crippen LogP contribution in [0.25, 0.3) is 0 Å². The number of aromatic nitrogens is 3. The fourth-order valence-corrected chi connectivity index (χ4v) is 5.08. The van der Waals surface area contributed by atoms with Crippen LogP contribution in [0.2, 0.25) is 0 Å². The van der Waals surface area contributed by atoms with Gasteiger partial charge in [-0.2, -0.15) is 0 Å². The monoisotopic (exact) mass is 403 g/mol. The molecule has 0 unspecified atom stereocenters. The molecule has 1 aromatic rings. The van der Waals surface area contributed by atoms with Crippen molar-refractivity contribution in [3.05, 3.63) is 11.6 Å². The number of hydrogen-bond donors (Lipinski definition) is 1. The van der Waals surface area contributed by atoms with Crippen molar-refractivity contribution < 1.29 is 14.7 Å². The quantitative estimate of drug-likeness (QED) is 0.811. The Morgan fingerprint density at radius 1 is 1.17 bits per heavy atom. The van der Waals surface area contributed by atoms with Gasteiger partial charge in [0.1, 0.15) is 0 Å². The van der Waals surface area contributed by atoms with Crippen LogP contribution in [0.3, 0.4) is 0 Å². The maximum atomic E-state index is 12.9. The van der Waals surface area contributed by atoms with Gasteiger partial charge >= 0.3 is 0 Å². The Kier molecular flexibility index (Phi) is 5.90. The number of aliphatic hydroxyl groups is 1. The third kappa shape index (κ3) is 4.17. The van der Waals surface area contributed by atoms with Crippen molar-refractivity contribution in [2.24, 2.45) is 11.8 Å². The van der Waals surface area contributed by atoms with Crippen LogP contribution in [0.4, 0.5) is 0 Å². The third-order valence-electron chi connectivity index (χ3n) is 6.73. The summed E-state index contributed by atoms with van der Waals surface area (Å²) >= 11 is 0. The molecule has 1 saturated heterocycles. The summed E-state index contributed by atoms with van der Waals surface area (Å²) < 4.78 is 2.05. The Labute approximate surface area is 172 Å². The lowest BCUT2D eigenvalue weighted by Crippen LogP contribution is -2.41. The molecule has 0 bridgehead atoms. The maximum absolute atomic E-state index is 12.9. The molecule has 1 aliphatic carbocycles. The highest BCUT2D eigenvalue weighted by molar-refractivity contribution is 5.78. The molecule has 4 rings (SSSR count). The first kappa shape index (κ1) is 20.3. The second-order valence-electron chi connectivity index (χ2n) is 9.18. The van der Waals surface area contributed by atoms with Gasteiger partial charge in [0.15, 0.2) is 11.6 Å². The van der Waals surface area contributed by atoms with Crippen molar-refractivity contribution in [3.63, 3.8) is 0 Å². The average Bonchev–Trinajstić information content (AvgIpc) is 3.44. The van der Waals surface area contributed by atoms with Crippen LogP contribution < -0.4 is 0 Å². The lowest BCUT2D eigenvalue weighted by Gasteiger charge is -2.31. The maximum Gasteiger partial charge on any atom is 0.225 e. The number of amides is 2. The molecule has 2 amide bonds. The molecule has 1 aromatic heterocycles. The highest BCUT2D eigenvalue weighted by Crippen LogP contribution is 2.34. The molecule has 2 fully saturated rings. The largest absolute Gasteiger partial charge is 0.391 e. The highest BCUT2D eigenvalue weighted by atomic mass is 16.3. The van der Waals surface area contributed by atoms with Crippen LogP contribution in [0.5, 0.6) is 0 Å². The van der Waals surface area contributed by atoms with E-state index >= 15 is 0 Å². The number of rotatable bonds is 5. The SMILES string of the molecule is CC(C)C(=O)N1CCn2c(nnc2[C@@H]2C[C@H](O)CN2C(=O)CCC2CCCC2)C1. The van der Waals surface area contributed by atoms with Crippen LogP contribution in [-0.4, -0.2) is 60.7 Å². The van der Waals surface area contributed by atoms with Crippen molar-refractivity contribution in [1.82, 2.24) is 24.6 Å². The lowest BCUT2D eigenvalue weighted by molar-refractivity contribution is -0.136. The van der Waals surface area contributed by atoms with Crippen molar-refractivity contribution >= 4 is 11.8 Å². The first-order valence-corrected chi connectivity index (χ1v) is 11.1. The predicted octanol–water partition coefficient (Wildman–Crippen LogP) is 1.88. The second-order valence-corrected chi connectivity index (χ2v) is 9.18. The number of hydrogen-bond acceptors (Lipinski definition) is 5. The van der Waals surface area contributed by atoms with E-state index < -0.39 is 6.10 Å². The molecular weight excluding hydrogens is 370 g/mol. The normalized spacial score (nSPS) is 25.1. The van der Waals surface area contributed by atoms with Crippen molar-refractivity contribution in [2.45, 2.75) is 84.0 Å². The fourth-order valence-electron chi connectivity index (χ4n) is 5.08. The zero-order valence-electron chi connectivity index (χ0n) is 17.6. The molecule has 8 heteroatoms. The van der Waals surface area contributed by atoms with Crippen molar-refractivity contribution in [1.29, 1.82) is 0 Å². The van der Waals surface area contributed by atoms with Gasteiger partial charge in [0.25, 0.3) is 0 Å². The Hall–Kier alpha value is -1.96. The molecule has 0 aromatic carbocycles. The summed E-state index contributed by atoms with van der Waals surface area (Å²) in [7, 11) is 0. The van der Waals surface area contributed by atoms with Crippen molar-refractivity contribution in [2.75, 3.05) is 13.1 Å². The van der Waals surface area contributed by atoms with E-state index in [0.717, 1.165) is 18.1 Å². The van der Waals surface area contributed by atoms with Gasteiger partial charge in [-0.05, 0) is 12.3 Å². The van der Waals surface area contributed by atoms with Gasteiger partial charge in [-0.25, -0.2) is 0 Å². The number of fused-ring (bicyclic) bond motifs is 1. The van der Waals surface area contributed by atoms with Crippen LogP contribution in [0, 0.1) is 11.8 Å². The second kappa shape index (κ2) is 8.42. The van der Waals surface area contributed by atoms with Crippen LogP contribution in [0.1, 0.15) is 76.5 Å². The molecule has 160 valence electrons. The third-order valence-corrected chi connectivity index (χ3v) is 6.73. The number of carbonyl (C=O) groups is 2. The van der Waals surface area contributed by atoms with Crippen molar-refractivity contribution in [3.8, 4) is 0 Å². The summed E-state index contributed by atoms with van der Waals surface area (Å²) in [6, 6.07) is -0.227. The van der Waals surface area contributed by atoms with E-state index in [1.807, 2.05) is 28.2 Å². The molecule has 3 heterocycles.